The molecule has 0 saturated carbocycles. The molecular formula is C11H17N3O5. The number of nitriles is 1. The third kappa shape index (κ3) is 8.57. The first kappa shape index (κ1) is 16.9. The summed E-state index contributed by atoms with van der Waals surface area (Å²) in [7, 11) is 2.43. The first-order chi connectivity index (χ1) is 9.03. The molecule has 0 fully saturated rings. The van der Waals surface area contributed by atoms with Crippen molar-refractivity contribution in [3.05, 3.63) is 0 Å². The van der Waals surface area contributed by atoms with Crippen molar-refractivity contribution in [2.75, 3.05) is 40.4 Å². The molecule has 8 heteroatoms. The Labute approximate surface area is 111 Å². The quantitative estimate of drug-likeness (QED) is 0.430. The minimum Gasteiger partial charge on any atom is -0.468 e. The highest BCUT2D eigenvalue weighted by atomic mass is 16.5. The number of ether oxygens (including phenoxy) is 2. The summed E-state index contributed by atoms with van der Waals surface area (Å²) < 4.78 is 8.94. The summed E-state index contributed by atoms with van der Waals surface area (Å²) in [6, 6.07) is 1.88. The molecule has 8 nitrogen and oxygen atoms in total. The van der Waals surface area contributed by atoms with Crippen LogP contribution in [0, 0.1) is 11.3 Å². The fourth-order valence-corrected chi connectivity index (χ4v) is 1.18. The van der Waals surface area contributed by atoms with Crippen LogP contribution in [-0.4, -0.2) is 63.1 Å². The molecule has 19 heavy (non-hydrogen) atoms. The lowest BCUT2D eigenvalue weighted by Gasteiger charge is -2.18. The molecule has 0 unspecified atom stereocenters. The number of nitrogens with zero attached hydrogens (tertiary/aromatic N) is 2. The minimum absolute atomic E-state index is 0.157. The van der Waals surface area contributed by atoms with Crippen molar-refractivity contribution in [3.63, 3.8) is 0 Å². The largest absolute Gasteiger partial charge is 0.468 e. The number of carbonyl (C=O) groups excluding carboxylic acids is 3. The molecule has 0 saturated heterocycles. The maximum absolute atomic E-state index is 11.5. The van der Waals surface area contributed by atoms with Gasteiger partial charge in [-0.3, -0.25) is 19.3 Å². The second-order valence-electron chi connectivity index (χ2n) is 3.56. The molecule has 0 aliphatic carbocycles. The van der Waals surface area contributed by atoms with Gasteiger partial charge in [-0.2, -0.15) is 5.26 Å². The van der Waals surface area contributed by atoms with Crippen LogP contribution in [0.3, 0.4) is 0 Å². The van der Waals surface area contributed by atoms with Gasteiger partial charge in [-0.25, -0.2) is 0 Å². The molecule has 0 radical (unpaired) electrons. The van der Waals surface area contributed by atoms with E-state index in [0.717, 1.165) is 0 Å². The highest BCUT2D eigenvalue weighted by molar-refractivity contribution is 5.81. The van der Waals surface area contributed by atoms with Crippen LogP contribution in [0.15, 0.2) is 0 Å². The Hall–Kier alpha value is -2.14. The number of carbonyl (C=O) groups is 3. The van der Waals surface area contributed by atoms with E-state index in [1.54, 1.807) is 0 Å². The maximum Gasteiger partial charge on any atom is 0.319 e. The van der Waals surface area contributed by atoms with Gasteiger partial charge in [0.15, 0.2) is 0 Å². The lowest BCUT2D eigenvalue weighted by molar-refractivity contribution is -0.146. The molecular weight excluding hydrogens is 254 g/mol. The molecule has 0 aliphatic heterocycles. The minimum atomic E-state index is -0.561. The van der Waals surface area contributed by atoms with Crippen LogP contribution in [0.4, 0.5) is 0 Å². The molecule has 106 valence electrons. The van der Waals surface area contributed by atoms with Crippen molar-refractivity contribution in [2.45, 2.75) is 6.42 Å². The van der Waals surface area contributed by atoms with Gasteiger partial charge in [0, 0.05) is 6.54 Å². The Balaban J connectivity index is 4.32. The normalized spacial score (nSPS) is 9.58. The van der Waals surface area contributed by atoms with E-state index < -0.39 is 11.9 Å². The number of rotatable bonds is 8. The van der Waals surface area contributed by atoms with E-state index >= 15 is 0 Å². The molecule has 0 aromatic rings. The predicted octanol–water partition coefficient (Wildman–Crippen LogP) is -1.34. The average molecular weight is 271 g/mol. The van der Waals surface area contributed by atoms with Gasteiger partial charge in [-0.05, 0) is 0 Å². The lowest BCUT2D eigenvalue weighted by atomic mass is 10.4. The first-order valence-corrected chi connectivity index (χ1v) is 5.53. The highest BCUT2D eigenvalue weighted by Gasteiger charge is 2.18. The van der Waals surface area contributed by atoms with E-state index in [-0.39, 0.29) is 38.5 Å². The molecule has 0 rings (SSSR count). The van der Waals surface area contributed by atoms with Crippen LogP contribution in [0.25, 0.3) is 0 Å². The molecule has 1 amide bonds. The predicted molar refractivity (Wildman–Crippen MR) is 63.7 cm³/mol. The summed E-state index contributed by atoms with van der Waals surface area (Å²) in [5, 5.41) is 10.8. The second-order valence-corrected chi connectivity index (χ2v) is 3.56. The van der Waals surface area contributed by atoms with Gasteiger partial charge in [-0.1, -0.05) is 0 Å². The number of hydrogen-bond donors (Lipinski definition) is 1. The zero-order chi connectivity index (χ0) is 14.7. The number of amides is 1. The van der Waals surface area contributed by atoms with Crippen molar-refractivity contribution in [1.29, 1.82) is 5.26 Å². The monoisotopic (exact) mass is 271 g/mol. The van der Waals surface area contributed by atoms with Crippen molar-refractivity contribution in [2.24, 2.45) is 0 Å². The van der Waals surface area contributed by atoms with Gasteiger partial charge >= 0.3 is 11.9 Å². The smallest absolute Gasteiger partial charge is 0.319 e. The Morgan fingerprint density at radius 1 is 1.11 bits per heavy atom. The van der Waals surface area contributed by atoms with E-state index in [1.807, 2.05) is 6.07 Å². The van der Waals surface area contributed by atoms with Crippen molar-refractivity contribution in [1.82, 2.24) is 10.2 Å². The second kappa shape index (κ2) is 9.85. The summed E-state index contributed by atoms with van der Waals surface area (Å²) in [5.41, 5.74) is 0. The summed E-state index contributed by atoms with van der Waals surface area (Å²) in [5.74, 6) is -1.51. The van der Waals surface area contributed by atoms with E-state index in [4.69, 9.17) is 5.26 Å². The van der Waals surface area contributed by atoms with Crippen LogP contribution in [0.5, 0.6) is 0 Å². The molecule has 0 aromatic carbocycles. The zero-order valence-corrected chi connectivity index (χ0v) is 11.0. The molecule has 0 heterocycles. The number of nitrogens with one attached hydrogen (secondary N) is 1. The number of hydrogen-bond acceptors (Lipinski definition) is 7. The van der Waals surface area contributed by atoms with Gasteiger partial charge in [0.1, 0.15) is 0 Å². The Morgan fingerprint density at radius 2 is 1.63 bits per heavy atom. The van der Waals surface area contributed by atoms with Crippen molar-refractivity contribution in [3.8, 4) is 6.07 Å². The summed E-state index contributed by atoms with van der Waals surface area (Å²) in [6.07, 6.45) is 0.194. The Kier molecular flexibility index (Phi) is 8.74. The van der Waals surface area contributed by atoms with Gasteiger partial charge < -0.3 is 14.8 Å². The summed E-state index contributed by atoms with van der Waals surface area (Å²) >= 11 is 0. The fourth-order valence-electron chi connectivity index (χ4n) is 1.18. The van der Waals surface area contributed by atoms with E-state index in [0.29, 0.717) is 0 Å². The standard InChI is InChI=1S/C11H17N3O5/c1-18-10(16)7-14(8-11(17)19-2)6-9(15)13-5-3-4-12/h3,5-8H2,1-2H3,(H,13,15). The van der Waals surface area contributed by atoms with Crippen LogP contribution >= 0.6 is 0 Å². The molecule has 0 aromatic heterocycles. The third-order valence-corrected chi connectivity index (χ3v) is 2.09. The van der Waals surface area contributed by atoms with E-state index in [9.17, 15) is 14.4 Å². The molecule has 0 bridgehead atoms. The fraction of sp³-hybridized carbons (Fsp3) is 0.636. The molecule has 1 N–H and O–H groups in total. The summed E-state index contributed by atoms with van der Waals surface area (Å²) in [4.78, 5) is 35.1. The van der Waals surface area contributed by atoms with Crippen LogP contribution in [0.1, 0.15) is 6.42 Å². The van der Waals surface area contributed by atoms with Gasteiger partial charge in [0.25, 0.3) is 0 Å². The van der Waals surface area contributed by atoms with Crippen molar-refractivity contribution >= 4 is 17.8 Å². The van der Waals surface area contributed by atoms with Gasteiger partial charge in [0.2, 0.25) is 5.91 Å². The maximum atomic E-state index is 11.5. The van der Waals surface area contributed by atoms with Gasteiger partial charge in [0.05, 0.1) is 46.3 Å². The Bertz CT molecular complexity index is 346. The topological polar surface area (TPSA) is 109 Å². The lowest BCUT2D eigenvalue weighted by Crippen LogP contribution is -2.43. The zero-order valence-electron chi connectivity index (χ0n) is 11.0. The van der Waals surface area contributed by atoms with E-state index in [1.165, 1.54) is 19.1 Å². The Morgan fingerprint density at radius 3 is 2.05 bits per heavy atom. The van der Waals surface area contributed by atoms with Gasteiger partial charge in [-0.15, -0.1) is 0 Å². The molecule has 0 aliphatic rings. The van der Waals surface area contributed by atoms with Crippen LogP contribution in [0.2, 0.25) is 0 Å². The van der Waals surface area contributed by atoms with Crippen molar-refractivity contribution < 1.29 is 23.9 Å². The highest BCUT2D eigenvalue weighted by Crippen LogP contribution is 1.92. The van der Waals surface area contributed by atoms with Crippen LogP contribution in [-0.2, 0) is 23.9 Å². The average Bonchev–Trinajstić information content (AvgIpc) is 2.38. The molecule has 0 atom stereocenters. The number of methoxy groups -OCH3 is 2. The first-order valence-electron chi connectivity index (χ1n) is 5.53. The molecule has 0 spiro atoms. The van der Waals surface area contributed by atoms with Crippen LogP contribution < -0.4 is 5.32 Å². The third-order valence-electron chi connectivity index (χ3n) is 2.09. The summed E-state index contributed by atoms with van der Waals surface area (Å²) in [6.45, 7) is -0.330. The SMILES string of the molecule is COC(=O)CN(CC(=O)NCCC#N)CC(=O)OC. The number of esters is 2. The van der Waals surface area contributed by atoms with E-state index in [2.05, 4.69) is 14.8 Å².